The van der Waals surface area contributed by atoms with Crippen molar-refractivity contribution in [1.29, 1.82) is 0 Å². The highest BCUT2D eigenvalue weighted by molar-refractivity contribution is 6.43. The molecule has 0 radical (unpaired) electrons. The average Bonchev–Trinajstić information content (AvgIpc) is 2.96. The molecule has 2 unspecified atom stereocenters. The molecule has 1 aromatic rings. The van der Waals surface area contributed by atoms with Crippen LogP contribution in [0, 0.1) is 17.7 Å². The van der Waals surface area contributed by atoms with Crippen LogP contribution in [0.3, 0.4) is 0 Å². The quantitative estimate of drug-likeness (QED) is 0.539. The predicted molar refractivity (Wildman–Crippen MR) is 105 cm³/mol. The second-order valence-corrected chi connectivity index (χ2v) is 8.59. The van der Waals surface area contributed by atoms with E-state index in [1.165, 1.54) is 32.9 Å². The van der Waals surface area contributed by atoms with Crippen LogP contribution in [-0.2, 0) is 25.7 Å². The molecule has 7 nitrogen and oxygen atoms in total. The first-order valence-corrected chi connectivity index (χ1v) is 10.1. The molecule has 2 saturated heterocycles. The van der Waals surface area contributed by atoms with Crippen molar-refractivity contribution in [3.05, 3.63) is 45.9 Å². The van der Waals surface area contributed by atoms with Crippen molar-refractivity contribution in [1.82, 2.24) is 14.7 Å². The molecule has 30 heavy (non-hydrogen) atoms. The molecule has 2 fully saturated rings. The van der Waals surface area contributed by atoms with Gasteiger partial charge in [-0.25, -0.2) is 4.39 Å². The van der Waals surface area contributed by atoms with E-state index in [0.717, 1.165) is 0 Å². The summed E-state index contributed by atoms with van der Waals surface area (Å²) >= 11 is 5.82. The summed E-state index contributed by atoms with van der Waals surface area (Å²) in [5.74, 6) is -4.42. The van der Waals surface area contributed by atoms with Crippen molar-refractivity contribution in [2.75, 3.05) is 13.6 Å². The third-order valence-electron chi connectivity index (χ3n) is 5.93. The van der Waals surface area contributed by atoms with Gasteiger partial charge in [0.05, 0.1) is 5.02 Å². The van der Waals surface area contributed by atoms with Gasteiger partial charge in [0.2, 0.25) is 11.7 Å². The lowest BCUT2D eigenvalue weighted by Gasteiger charge is -2.39. The van der Waals surface area contributed by atoms with Gasteiger partial charge in [0, 0.05) is 20.1 Å². The van der Waals surface area contributed by atoms with Crippen molar-refractivity contribution in [3.63, 3.8) is 0 Å². The van der Waals surface area contributed by atoms with Crippen molar-refractivity contribution in [2.45, 2.75) is 33.0 Å². The molecule has 158 valence electrons. The largest absolute Gasteiger partial charge is 0.337 e. The molecule has 0 aromatic heterocycles. The number of fused-ring (bicyclic) bond motifs is 2. The first-order valence-electron chi connectivity index (χ1n) is 9.73. The van der Waals surface area contributed by atoms with Crippen LogP contribution in [0.2, 0.25) is 5.02 Å². The summed E-state index contributed by atoms with van der Waals surface area (Å²) in [7, 11) is 1.60. The molecular formula is C21H21ClFN3O4. The normalized spacial score (nSPS) is 24.3. The van der Waals surface area contributed by atoms with Crippen molar-refractivity contribution in [2.24, 2.45) is 11.8 Å². The maximum absolute atomic E-state index is 13.4. The number of rotatable bonds is 3. The number of hydrogen-bond acceptors (Lipinski definition) is 4. The molecule has 9 heteroatoms. The van der Waals surface area contributed by atoms with Crippen LogP contribution in [0.5, 0.6) is 0 Å². The van der Waals surface area contributed by atoms with E-state index in [1.54, 1.807) is 7.05 Å². The summed E-state index contributed by atoms with van der Waals surface area (Å²) in [6, 6.07) is 4.16. The van der Waals surface area contributed by atoms with Gasteiger partial charge in [-0.05, 0) is 35.6 Å². The number of nitrogens with zero attached hydrogens (tertiary/aromatic N) is 3. The number of Topliss-reactive ketones (excluding diaryl/α,β-unsaturated/α-hetero) is 1. The number of hydrogen-bond donors (Lipinski definition) is 0. The number of ketones is 1. The number of likely N-dealkylation sites (N-methyl/N-ethyl adjacent to an activating group) is 1. The summed E-state index contributed by atoms with van der Waals surface area (Å²) in [5, 5.41) is -0.0568. The molecule has 0 saturated carbocycles. The second-order valence-electron chi connectivity index (χ2n) is 8.18. The van der Waals surface area contributed by atoms with E-state index in [1.807, 2.05) is 13.8 Å². The summed E-state index contributed by atoms with van der Waals surface area (Å²) < 4.78 is 13.4. The Balaban J connectivity index is 1.69. The molecule has 3 heterocycles. The summed E-state index contributed by atoms with van der Waals surface area (Å²) in [6.45, 7) is 4.15. The van der Waals surface area contributed by atoms with Crippen molar-refractivity contribution >= 4 is 35.1 Å². The topological polar surface area (TPSA) is 78.0 Å². The molecule has 0 spiro atoms. The fourth-order valence-electron chi connectivity index (χ4n) is 4.58. The lowest BCUT2D eigenvalue weighted by Crippen LogP contribution is -2.55. The van der Waals surface area contributed by atoms with Gasteiger partial charge < -0.3 is 9.80 Å². The molecule has 3 amide bonds. The Labute approximate surface area is 178 Å². The molecule has 0 aliphatic carbocycles. The molecular weight excluding hydrogens is 413 g/mol. The fraction of sp³-hybridized carbons (Fsp3) is 0.429. The molecule has 0 bridgehead atoms. The lowest BCUT2D eigenvalue weighted by molar-refractivity contribution is -0.154. The van der Waals surface area contributed by atoms with Crippen molar-refractivity contribution in [3.8, 4) is 0 Å². The maximum atomic E-state index is 13.4. The van der Waals surface area contributed by atoms with E-state index in [2.05, 4.69) is 0 Å². The minimum atomic E-state index is -1.28. The molecule has 3 aliphatic rings. The van der Waals surface area contributed by atoms with Gasteiger partial charge in [-0.1, -0.05) is 31.5 Å². The third kappa shape index (κ3) is 2.93. The Morgan fingerprint density at radius 3 is 2.50 bits per heavy atom. The Morgan fingerprint density at radius 1 is 1.17 bits per heavy atom. The minimum Gasteiger partial charge on any atom is -0.337 e. The zero-order valence-electron chi connectivity index (χ0n) is 16.8. The summed E-state index contributed by atoms with van der Waals surface area (Å²) in [5.41, 5.74) is 1.19. The number of benzene rings is 1. The number of halogens is 2. The average molecular weight is 434 g/mol. The monoisotopic (exact) mass is 433 g/mol. The zero-order valence-corrected chi connectivity index (χ0v) is 17.6. The van der Waals surface area contributed by atoms with Crippen LogP contribution in [-0.4, -0.2) is 58.0 Å². The van der Waals surface area contributed by atoms with Crippen LogP contribution in [0.1, 0.15) is 25.8 Å². The first-order chi connectivity index (χ1) is 14.1. The maximum Gasteiger partial charge on any atom is 0.297 e. The minimum absolute atomic E-state index is 0.0568. The molecule has 4 rings (SSSR count). The zero-order chi connectivity index (χ0) is 21.9. The van der Waals surface area contributed by atoms with Gasteiger partial charge >= 0.3 is 0 Å². The number of carbonyl (C=O) groups is 4. The summed E-state index contributed by atoms with van der Waals surface area (Å²) in [4.78, 5) is 56.0. The number of amides is 3. The van der Waals surface area contributed by atoms with E-state index in [-0.39, 0.29) is 35.6 Å². The van der Waals surface area contributed by atoms with Gasteiger partial charge in [-0.2, -0.15) is 0 Å². The van der Waals surface area contributed by atoms with Crippen LogP contribution in [0.15, 0.2) is 29.5 Å². The van der Waals surface area contributed by atoms with Crippen molar-refractivity contribution < 1.29 is 23.6 Å². The highest BCUT2D eigenvalue weighted by Crippen LogP contribution is 2.41. The van der Waals surface area contributed by atoms with E-state index in [9.17, 15) is 23.6 Å². The van der Waals surface area contributed by atoms with Gasteiger partial charge in [-0.15, -0.1) is 0 Å². The Hall–Kier alpha value is -2.74. The van der Waals surface area contributed by atoms with E-state index in [0.29, 0.717) is 17.6 Å². The Kier molecular flexibility index (Phi) is 4.92. The Bertz CT molecular complexity index is 1020. The second kappa shape index (κ2) is 7.19. The Morgan fingerprint density at radius 2 is 1.87 bits per heavy atom. The fourth-order valence-corrected chi connectivity index (χ4v) is 4.78. The number of piperidine rings is 1. The van der Waals surface area contributed by atoms with Crippen LogP contribution < -0.4 is 0 Å². The van der Waals surface area contributed by atoms with Crippen LogP contribution in [0.25, 0.3) is 0 Å². The highest BCUT2D eigenvalue weighted by Gasteiger charge is 2.56. The SMILES string of the molecule is CC(C)C1N(C)C(=O)C2=C3CCN(Cc4ccc(F)c(Cl)c4)C(=O)C3C(=O)C(=O)N21. The number of carbonyl (C=O) groups excluding carboxylic acids is 4. The van der Waals surface area contributed by atoms with Crippen LogP contribution >= 0.6 is 11.6 Å². The molecule has 1 aromatic carbocycles. The van der Waals surface area contributed by atoms with Crippen LogP contribution in [0.4, 0.5) is 4.39 Å². The van der Waals surface area contributed by atoms with E-state index in [4.69, 9.17) is 11.6 Å². The lowest BCUT2D eigenvalue weighted by atomic mass is 9.82. The smallest absolute Gasteiger partial charge is 0.297 e. The predicted octanol–water partition coefficient (Wildman–Crippen LogP) is 1.95. The van der Waals surface area contributed by atoms with Gasteiger partial charge in [0.1, 0.15) is 23.6 Å². The molecule has 0 N–H and O–H groups in total. The standard InChI is InChI=1S/C21H21ClFN3O4/c1-10(2)18-24(3)20(29)16-12-6-7-25(9-11-4-5-14(23)13(22)8-11)19(28)15(12)17(27)21(30)26(16)18/h4-5,8,10,15,18H,6-7,9H2,1-3H3. The molecule has 2 atom stereocenters. The number of likely N-dealkylation sites (tertiary alicyclic amines) is 1. The van der Waals surface area contributed by atoms with E-state index >= 15 is 0 Å². The summed E-state index contributed by atoms with van der Waals surface area (Å²) in [6.07, 6.45) is -0.243. The van der Waals surface area contributed by atoms with Gasteiger partial charge in [0.25, 0.3) is 11.8 Å². The van der Waals surface area contributed by atoms with Gasteiger partial charge in [-0.3, -0.25) is 24.1 Å². The van der Waals surface area contributed by atoms with E-state index < -0.39 is 35.5 Å². The highest BCUT2D eigenvalue weighted by atomic mass is 35.5. The van der Waals surface area contributed by atoms with Gasteiger partial charge in [0.15, 0.2) is 0 Å². The third-order valence-corrected chi connectivity index (χ3v) is 6.22. The first kappa shape index (κ1) is 20.5. The molecule has 3 aliphatic heterocycles.